The van der Waals surface area contributed by atoms with E-state index in [1.165, 1.54) is 0 Å². The van der Waals surface area contributed by atoms with Gasteiger partial charge in [-0.1, -0.05) is 34.2 Å². The Morgan fingerprint density at radius 3 is 2.57 bits per heavy atom. The monoisotopic (exact) mass is 176 g/mol. The summed E-state index contributed by atoms with van der Waals surface area (Å²) in [4.78, 5) is 0. The quantitative estimate of drug-likeness (QED) is 0.512. The number of halogens is 1. The fourth-order valence-corrected chi connectivity index (χ4v) is 1.43. The van der Waals surface area contributed by atoms with Crippen molar-refractivity contribution in [3.63, 3.8) is 0 Å². The van der Waals surface area contributed by atoms with Crippen LogP contribution in [0, 0.1) is 0 Å². The van der Waals surface area contributed by atoms with E-state index in [0.717, 1.165) is 0 Å². The topological polar surface area (TPSA) is 0 Å². The van der Waals surface area contributed by atoms with Crippen molar-refractivity contribution < 1.29 is 0 Å². The Labute approximate surface area is 55.8 Å². The van der Waals surface area contributed by atoms with Crippen LogP contribution >= 0.6 is 27.7 Å². The van der Waals surface area contributed by atoms with Crippen molar-refractivity contribution in [2.24, 2.45) is 0 Å². The molecule has 0 amide bonds. The molecule has 0 spiro atoms. The van der Waals surface area contributed by atoms with E-state index < -0.39 is 0 Å². The molecule has 1 aliphatic rings. The molecule has 0 aromatic carbocycles. The number of alkyl halides is 1. The largest absolute Gasteiger partial charge is 0.115 e. The van der Waals surface area contributed by atoms with Crippen LogP contribution in [0.3, 0.4) is 0 Å². The molecule has 7 heavy (non-hydrogen) atoms. The SMILES string of the molecule is BrC1C=CC=CS1. The maximum absolute atomic E-state index is 3.41. The first-order valence-electron chi connectivity index (χ1n) is 2.02. The Bertz CT molecular complexity index is 107. The first kappa shape index (κ1) is 5.45. The molecule has 1 aliphatic heterocycles. The number of rotatable bonds is 0. The molecule has 38 valence electrons. The lowest BCUT2D eigenvalue weighted by molar-refractivity contribution is 1.67. The third-order valence-electron chi connectivity index (χ3n) is 0.661. The van der Waals surface area contributed by atoms with E-state index in [2.05, 4.69) is 27.4 Å². The molecule has 0 saturated heterocycles. The summed E-state index contributed by atoms with van der Waals surface area (Å²) in [6.07, 6.45) is 6.17. The van der Waals surface area contributed by atoms with Gasteiger partial charge in [0.25, 0.3) is 0 Å². The highest BCUT2D eigenvalue weighted by molar-refractivity contribution is 9.11. The van der Waals surface area contributed by atoms with Crippen molar-refractivity contribution in [2.75, 3.05) is 0 Å². The van der Waals surface area contributed by atoms with Gasteiger partial charge in [-0.05, 0) is 5.41 Å². The average molecular weight is 177 g/mol. The first-order chi connectivity index (χ1) is 3.39. The first-order valence-corrected chi connectivity index (χ1v) is 3.88. The molecule has 0 radical (unpaired) electrons. The van der Waals surface area contributed by atoms with Gasteiger partial charge in [0.1, 0.15) is 0 Å². The normalized spacial score (nSPS) is 28.4. The smallest absolute Gasteiger partial charge is 0.0824 e. The molecule has 1 atom stereocenters. The summed E-state index contributed by atoms with van der Waals surface area (Å²) < 4.78 is 0.498. The molecule has 0 saturated carbocycles. The van der Waals surface area contributed by atoms with E-state index in [1.807, 2.05) is 12.2 Å². The van der Waals surface area contributed by atoms with Gasteiger partial charge in [0.05, 0.1) is 4.16 Å². The highest BCUT2D eigenvalue weighted by atomic mass is 79.9. The van der Waals surface area contributed by atoms with Gasteiger partial charge in [-0.3, -0.25) is 0 Å². The zero-order valence-corrected chi connectivity index (χ0v) is 6.08. The van der Waals surface area contributed by atoms with Crippen LogP contribution in [0.15, 0.2) is 23.6 Å². The maximum Gasteiger partial charge on any atom is 0.0824 e. The summed E-state index contributed by atoms with van der Waals surface area (Å²) in [5.74, 6) is 0. The minimum absolute atomic E-state index is 0.498. The number of thioether (sulfide) groups is 1. The molecule has 1 unspecified atom stereocenters. The van der Waals surface area contributed by atoms with Gasteiger partial charge in [-0.2, -0.15) is 0 Å². The Hall–Kier alpha value is 0.310. The minimum Gasteiger partial charge on any atom is -0.115 e. The summed E-state index contributed by atoms with van der Waals surface area (Å²) in [6.45, 7) is 0. The van der Waals surface area contributed by atoms with Crippen molar-refractivity contribution in [3.05, 3.63) is 23.6 Å². The van der Waals surface area contributed by atoms with Crippen molar-refractivity contribution in [2.45, 2.75) is 4.16 Å². The Balaban J connectivity index is 2.49. The third-order valence-corrected chi connectivity index (χ3v) is 2.34. The van der Waals surface area contributed by atoms with Crippen molar-refractivity contribution in [3.8, 4) is 0 Å². The number of allylic oxidation sites excluding steroid dienone is 2. The van der Waals surface area contributed by atoms with Crippen LogP contribution in [0.5, 0.6) is 0 Å². The standard InChI is InChI=1S/C5H5BrS/c6-5-3-1-2-4-7-5/h1-5H. The summed E-state index contributed by atoms with van der Waals surface area (Å²) in [6, 6.07) is 0. The molecule has 0 aliphatic carbocycles. The Morgan fingerprint density at radius 2 is 2.29 bits per heavy atom. The highest BCUT2D eigenvalue weighted by Crippen LogP contribution is 2.22. The fourth-order valence-electron chi connectivity index (χ4n) is 0.363. The Morgan fingerprint density at radius 1 is 1.43 bits per heavy atom. The molecule has 0 aromatic heterocycles. The molecule has 0 bridgehead atoms. The molecular formula is C5H5BrS. The lowest BCUT2D eigenvalue weighted by atomic mass is 10.5. The van der Waals surface area contributed by atoms with Crippen molar-refractivity contribution in [1.82, 2.24) is 0 Å². The Kier molecular flexibility index (Phi) is 2.00. The van der Waals surface area contributed by atoms with E-state index >= 15 is 0 Å². The van der Waals surface area contributed by atoms with E-state index in [1.54, 1.807) is 11.8 Å². The summed E-state index contributed by atoms with van der Waals surface area (Å²) in [7, 11) is 0. The predicted molar refractivity (Wildman–Crippen MR) is 38.6 cm³/mol. The van der Waals surface area contributed by atoms with E-state index in [-0.39, 0.29) is 0 Å². The van der Waals surface area contributed by atoms with Gasteiger partial charge in [-0.25, -0.2) is 0 Å². The van der Waals surface area contributed by atoms with E-state index in [9.17, 15) is 0 Å². The summed E-state index contributed by atoms with van der Waals surface area (Å²) >= 11 is 5.18. The summed E-state index contributed by atoms with van der Waals surface area (Å²) in [5.41, 5.74) is 0. The van der Waals surface area contributed by atoms with Crippen molar-refractivity contribution in [1.29, 1.82) is 0 Å². The van der Waals surface area contributed by atoms with Gasteiger partial charge in [0.15, 0.2) is 0 Å². The molecule has 2 heteroatoms. The van der Waals surface area contributed by atoms with Crippen LogP contribution in [0.4, 0.5) is 0 Å². The molecule has 1 heterocycles. The third kappa shape index (κ3) is 1.70. The van der Waals surface area contributed by atoms with Gasteiger partial charge < -0.3 is 0 Å². The van der Waals surface area contributed by atoms with Crippen molar-refractivity contribution >= 4 is 27.7 Å². The van der Waals surface area contributed by atoms with Crippen LogP contribution in [0.2, 0.25) is 0 Å². The fraction of sp³-hybridized carbons (Fsp3) is 0.200. The minimum atomic E-state index is 0.498. The number of hydrogen-bond donors (Lipinski definition) is 0. The van der Waals surface area contributed by atoms with Gasteiger partial charge in [0, 0.05) is 0 Å². The second kappa shape index (κ2) is 2.58. The van der Waals surface area contributed by atoms with Gasteiger partial charge >= 0.3 is 0 Å². The summed E-state index contributed by atoms with van der Waals surface area (Å²) in [5, 5.41) is 2.07. The van der Waals surface area contributed by atoms with Crippen LogP contribution in [-0.2, 0) is 0 Å². The molecule has 1 rings (SSSR count). The molecule has 0 N–H and O–H groups in total. The van der Waals surface area contributed by atoms with Crippen LogP contribution in [0.1, 0.15) is 0 Å². The second-order valence-electron chi connectivity index (χ2n) is 1.20. The van der Waals surface area contributed by atoms with E-state index in [4.69, 9.17) is 0 Å². The zero-order chi connectivity index (χ0) is 5.11. The maximum atomic E-state index is 3.41. The second-order valence-corrected chi connectivity index (χ2v) is 3.85. The number of hydrogen-bond acceptors (Lipinski definition) is 1. The lowest BCUT2D eigenvalue weighted by Gasteiger charge is -1.99. The lowest BCUT2D eigenvalue weighted by Crippen LogP contribution is -1.82. The van der Waals surface area contributed by atoms with E-state index in [0.29, 0.717) is 4.16 Å². The van der Waals surface area contributed by atoms with Crippen LogP contribution < -0.4 is 0 Å². The van der Waals surface area contributed by atoms with Gasteiger partial charge in [-0.15, -0.1) is 11.8 Å². The van der Waals surface area contributed by atoms with Gasteiger partial charge in [0.2, 0.25) is 0 Å². The van der Waals surface area contributed by atoms with Crippen LogP contribution in [0.25, 0.3) is 0 Å². The predicted octanol–water partition coefficient (Wildman–Crippen LogP) is 2.52. The molecule has 0 fully saturated rings. The zero-order valence-electron chi connectivity index (χ0n) is 3.67. The van der Waals surface area contributed by atoms with Crippen LogP contribution in [-0.4, -0.2) is 4.16 Å². The molecule has 0 aromatic rings. The molecule has 0 nitrogen and oxygen atoms in total. The highest BCUT2D eigenvalue weighted by Gasteiger charge is 1.95. The average Bonchev–Trinajstić information content (AvgIpc) is 1.69. The molecular weight excluding hydrogens is 172 g/mol.